The largest absolute Gasteiger partial charge is 0.382 e. The molecule has 1 saturated heterocycles. The molecule has 21 heavy (non-hydrogen) atoms. The summed E-state index contributed by atoms with van der Waals surface area (Å²) in [7, 11) is 0. The molecule has 4 heteroatoms. The van der Waals surface area contributed by atoms with Crippen LogP contribution in [-0.4, -0.2) is 33.3 Å². The van der Waals surface area contributed by atoms with Crippen LogP contribution in [0.15, 0.2) is 24.3 Å². The summed E-state index contributed by atoms with van der Waals surface area (Å²) in [5.74, 6) is 0.644. The van der Waals surface area contributed by atoms with Crippen molar-refractivity contribution in [3.05, 3.63) is 24.3 Å². The average Bonchev–Trinajstić information content (AvgIpc) is 2.79. The van der Waals surface area contributed by atoms with Crippen LogP contribution >= 0.6 is 0 Å². The predicted molar refractivity (Wildman–Crippen MR) is 88.2 cm³/mol. The molecule has 1 aromatic heterocycles. The van der Waals surface area contributed by atoms with E-state index in [9.17, 15) is 0 Å². The van der Waals surface area contributed by atoms with Crippen LogP contribution in [-0.2, 0) is 6.54 Å². The lowest BCUT2D eigenvalue weighted by Gasteiger charge is -2.39. The number of nitrogen functional groups attached to an aromatic ring is 1. The Kier molecular flexibility index (Phi) is 4.15. The molecule has 0 bridgehead atoms. The van der Waals surface area contributed by atoms with Crippen molar-refractivity contribution in [3.8, 4) is 0 Å². The number of aryl methyl sites for hydroxylation is 1. The second-order valence-electron chi connectivity index (χ2n) is 6.35. The van der Waals surface area contributed by atoms with Gasteiger partial charge in [-0.05, 0) is 45.2 Å². The first-order chi connectivity index (χ1) is 10.2. The summed E-state index contributed by atoms with van der Waals surface area (Å²) in [6.45, 7) is 6.80. The number of hydrogen-bond acceptors (Lipinski definition) is 3. The highest BCUT2D eigenvalue weighted by molar-refractivity contribution is 5.88. The Morgan fingerprint density at radius 2 is 1.86 bits per heavy atom. The highest BCUT2D eigenvalue weighted by Gasteiger charge is 2.23. The van der Waals surface area contributed by atoms with Crippen LogP contribution in [0.1, 0.15) is 39.5 Å². The third-order valence-corrected chi connectivity index (χ3v) is 4.85. The summed E-state index contributed by atoms with van der Waals surface area (Å²) >= 11 is 0. The van der Waals surface area contributed by atoms with Crippen molar-refractivity contribution in [1.82, 2.24) is 14.7 Å². The van der Waals surface area contributed by atoms with Crippen LogP contribution in [0.25, 0.3) is 10.9 Å². The van der Waals surface area contributed by atoms with Crippen LogP contribution in [0.5, 0.6) is 0 Å². The molecule has 2 aromatic rings. The molecule has 0 spiro atoms. The minimum absolute atomic E-state index is 0.644. The smallest absolute Gasteiger partial charge is 0.153 e. The number of likely N-dealkylation sites (tertiary alicyclic amines) is 1. The Hall–Kier alpha value is -1.55. The number of nitrogens with two attached hydrogens (primary N) is 1. The summed E-state index contributed by atoms with van der Waals surface area (Å²) in [6, 6.07) is 9.64. The molecule has 2 N–H and O–H groups in total. The standard InChI is InChI=1S/C17H26N4/c1-13-7-5-8-14(2)20(13)11-6-12-21-16-10-4-3-9-15(16)17(18)19-21/h3-4,9-10,13-14H,5-8,11-12H2,1-2H3,(H2,18,19). The number of aromatic nitrogens is 2. The van der Waals surface area contributed by atoms with Gasteiger partial charge in [0.2, 0.25) is 0 Å². The lowest BCUT2D eigenvalue weighted by molar-refractivity contribution is 0.100. The van der Waals surface area contributed by atoms with Crippen LogP contribution in [0.3, 0.4) is 0 Å². The maximum absolute atomic E-state index is 5.99. The summed E-state index contributed by atoms with van der Waals surface area (Å²) in [6.07, 6.45) is 5.17. The van der Waals surface area contributed by atoms with Gasteiger partial charge in [0.25, 0.3) is 0 Å². The zero-order valence-electron chi connectivity index (χ0n) is 13.1. The molecule has 3 rings (SSSR count). The Morgan fingerprint density at radius 3 is 2.62 bits per heavy atom. The van der Waals surface area contributed by atoms with Gasteiger partial charge in [0.15, 0.2) is 5.82 Å². The molecular formula is C17H26N4. The van der Waals surface area contributed by atoms with E-state index < -0.39 is 0 Å². The average molecular weight is 286 g/mol. The topological polar surface area (TPSA) is 47.1 Å². The SMILES string of the molecule is CC1CCCC(C)N1CCCn1nc(N)c2ccccc21. The number of fused-ring (bicyclic) bond motifs is 1. The predicted octanol–water partition coefficient (Wildman–Crippen LogP) is 3.27. The number of para-hydroxylation sites is 1. The highest BCUT2D eigenvalue weighted by Crippen LogP contribution is 2.23. The molecule has 114 valence electrons. The van der Waals surface area contributed by atoms with Crippen LogP contribution in [0, 0.1) is 0 Å². The first kappa shape index (κ1) is 14.4. The molecule has 0 aliphatic carbocycles. The van der Waals surface area contributed by atoms with Gasteiger partial charge < -0.3 is 5.73 Å². The van der Waals surface area contributed by atoms with Crippen molar-refractivity contribution in [2.45, 2.75) is 58.2 Å². The van der Waals surface area contributed by atoms with E-state index >= 15 is 0 Å². The first-order valence-corrected chi connectivity index (χ1v) is 8.13. The fourth-order valence-electron chi connectivity index (χ4n) is 3.64. The van der Waals surface area contributed by atoms with E-state index in [1.54, 1.807) is 0 Å². The summed E-state index contributed by atoms with van der Waals surface area (Å²) < 4.78 is 2.06. The van der Waals surface area contributed by atoms with Crippen molar-refractivity contribution >= 4 is 16.7 Å². The lowest BCUT2D eigenvalue weighted by Crippen LogP contribution is -2.44. The van der Waals surface area contributed by atoms with Gasteiger partial charge in [0.1, 0.15) is 0 Å². The normalized spacial score (nSPS) is 23.7. The third kappa shape index (κ3) is 2.91. The number of rotatable bonds is 4. The molecule has 2 atom stereocenters. The van der Waals surface area contributed by atoms with Gasteiger partial charge in [0, 0.05) is 30.6 Å². The number of anilines is 1. The van der Waals surface area contributed by atoms with Crippen LogP contribution in [0.2, 0.25) is 0 Å². The minimum Gasteiger partial charge on any atom is -0.382 e. The third-order valence-electron chi connectivity index (χ3n) is 4.85. The van der Waals surface area contributed by atoms with Gasteiger partial charge in [-0.1, -0.05) is 18.6 Å². The molecule has 4 nitrogen and oxygen atoms in total. The van der Waals surface area contributed by atoms with E-state index in [1.165, 1.54) is 19.3 Å². The minimum atomic E-state index is 0.644. The van der Waals surface area contributed by atoms with Crippen molar-refractivity contribution < 1.29 is 0 Å². The van der Waals surface area contributed by atoms with Crippen molar-refractivity contribution in [3.63, 3.8) is 0 Å². The molecule has 2 unspecified atom stereocenters. The van der Waals surface area contributed by atoms with Crippen LogP contribution < -0.4 is 5.73 Å². The first-order valence-electron chi connectivity index (χ1n) is 8.13. The van der Waals surface area contributed by atoms with Gasteiger partial charge in [-0.25, -0.2) is 0 Å². The number of piperidine rings is 1. The van der Waals surface area contributed by atoms with Crippen LogP contribution in [0.4, 0.5) is 5.82 Å². The summed E-state index contributed by atoms with van der Waals surface area (Å²) in [4.78, 5) is 2.65. The summed E-state index contributed by atoms with van der Waals surface area (Å²) in [5, 5.41) is 5.55. The molecule has 0 saturated carbocycles. The molecule has 1 aliphatic heterocycles. The quantitative estimate of drug-likeness (QED) is 0.938. The van der Waals surface area contributed by atoms with Gasteiger partial charge in [-0.2, -0.15) is 5.10 Å². The van der Waals surface area contributed by atoms with Gasteiger partial charge >= 0.3 is 0 Å². The number of benzene rings is 1. The van der Waals surface area contributed by atoms with Crippen molar-refractivity contribution in [2.24, 2.45) is 0 Å². The zero-order chi connectivity index (χ0) is 14.8. The maximum atomic E-state index is 5.99. The monoisotopic (exact) mass is 286 g/mol. The molecule has 1 aliphatic rings. The highest BCUT2D eigenvalue weighted by atomic mass is 15.3. The van der Waals surface area contributed by atoms with Gasteiger partial charge in [-0.3, -0.25) is 9.58 Å². The Bertz CT molecular complexity index is 594. The lowest BCUT2D eigenvalue weighted by atomic mass is 9.97. The second kappa shape index (κ2) is 6.06. The fraction of sp³-hybridized carbons (Fsp3) is 0.588. The Labute approximate surface area is 126 Å². The number of hydrogen-bond donors (Lipinski definition) is 1. The molecule has 2 heterocycles. The van der Waals surface area contributed by atoms with E-state index in [1.807, 2.05) is 12.1 Å². The molecule has 1 aromatic carbocycles. The maximum Gasteiger partial charge on any atom is 0.153 e. The molecular weight excluding hydrogens is 260 g/mol. The van der Waals surface area contributed by atoms with Gasteiger partial charge in [0.05, 0.1) is 5.52 Å². The van der Waals surface area contributed by atoms with E-state index in [2.05, 4.69) is 40.7 Å². The summed E-state index contributed by atoms with van der Waals surface area (Å²) in [5.41, 5.74) is 7.14. The Morgan fingerprint density at radius 1 is 1.14 bits per heavy atom. The van der Waals surface area contributed by atoms with E-state index in [0.717, 1.165) is 30.4 Å². The zero-order valence-corrected chi connectivity index (χ0v) is 13.1. The fourth-order valence-corrected chi connectivity index (χ4v) is 3.64. The van der Waals surface area contributed by atoms with E-state index in [-0.39, 0.29) is 0 Å². The second-order valence-corrected chi connectivity index (χ2v) is 6.35. The van der Waals surface area contributed by atoms with Crippen molar-refractivity contribution in [1.29, 1.82) is 0 Å². The number of nitrogens with zero attached hydrogens (tertiary/aromatic N) is 3. The van der Waals surface area contributed by atoms with E-state index in [4.69, 9.17) is 5.73 Å². The van der Waals surface area contributed by atoms with E-state index in [0.29, 0.717) is 17.9 Å². The molecule has 1 fully saturated rings. The molecule has 0 radical (unpaired) electrons. The Balaban J connectivity index is 1.64. The van der Waals surface area contributed by atoms with Gasteiger partial charge in [-0.15, -0.1) is 0 Å². The molecule has 0 amide bonds. The van der Waals surface area contributed by atoms with Crippen molar-refractivity contribution in [2.75, 3.05) is 12.3 Å².